The number of para-hydroxylation sites is 1. The van der Waals surface area contributed by atoms with Crippen molar-refractivity contribution in [3.63, 3.8) is 0 Å². The second-order valence-corrected chi connectivity index (χ2v) is 6.33. The smallest absolute Gasteiger partial charge is 0.341 e. The standard InChI is InChI=1S/C17H18N2O6S/c1-2-7-18-14(20)9-19-16(23)13(26-17(19)24)8-11-5-3-4-6-12(11)25-10-15(21)22/h3-6,8H,2,7,9-10H2,1H3,(H,18,20)(H,21,22)/b13-8-. The third-order valence-corrected chi connectivity index (χ3v) is 4.21. The number of hydrogen-bond donors (Lipinski definition) is 2. The Morgan fingerprint density at radius 2 is 2.04 bits per heavy atom. The van der Waals surface area contributed by atoms with E-state index in [-0.39, 0.29) is 17.2 Å². The zero-order valence-corrected chi connectivity index (χ0v) is 14.9. The molecule has 0 aliphatic carbocycles. The van der Waals surface area contributed by atoms with Gasteiger partial charge in [-0.15, -0.1) is 0 Å². The van der Waals surface area contributed by atoms with Crippen LogP contribution in [0.1, 0.15) is 18.9 Å². The van der Waals surface area contributed by atoms with Crippen molar-refractivity contribution in [2.75, 3.05) is 19.7 Å². The number of nitrogens with one attached hydrogen (secondary N) is 1. The number of carbonyl (C=O) groups excluding carboxylic acids is 3. The van der Waals surface area contributed by atoms with E-state index in [4.69, 9.17) is 9.84 Å². The Bertz CT molecular complexity index is 761. The fourth-order valence-corrected chi connectivity index (χ4v) is 2.94. The molecule has 0 bridgehead atoms. The van der Waals surface area contributed by atoms with Crippen molar-refractivity contribution < 1.29 is 29.0 Å². The number of carbonyl (C=O) groups is 4. The fourth-order valence-electron chi connectivity index (χ4n) is 2.11. The summed E-state index contributed by atoms with van der Waals surface area (Å²) in [5.74, 6) is -1.82. The number of nitrogens with zero attached hydrogens (tertiary/aromatic N) is 1. The molecule has 0 radical (unpaired) electrons. The van der Waals surface area contributed by atoms with Crippen molar-refractivity contribution in [3.8, 4) is 5.75 Å². The molecule has 2 N–H and O–H groups in total. The highest BCUT2D eigenvalue weighted by Gasteiger charge is 2.36. The molecule has 9 heteroatoms. The molecule has 1 fully saturated rings. The Labute approximate surface area is 154 Å². The van der Waals surface area contributed by atoms with Gasteiger partial charge >= 0.3 is 5.97 Å². The number of thioether (sulfide) groups is 1. The molecular weight excluding hydrogens is 360 g/mol. The molecule has 1 saturated heterocycles. The molecule has 0 aromatic heterocycles. The summed E-state index contributed by atoms with van der Waals surface area (Å²) in [4.78, 5) is 47.9. The van der Waals surface area contributed by atoms with Crippen molar-refractivity contribution in [1.82, 2.24) is 10.2 Å². The van der Waals surface area contributed by atoms with Gasteiger partial charge in [0.25, 0.3) is 11.1 Å². The number of ether oxygens (including phenoxy) is 1. The minimum absolute atomic E-state index is 0.143. The van der Waals surface area contributed by atoms with E-state index in [0.29, 0.717) is 12.1 Å². The Morgan fingerprint density at radius 1 is 1.31 bits per heavy atom. The van der Waals surface area contributed by atoms with E-state index in [1.165, 1.54) is 6.08 Å². The maximum Gasteiger partial charge on any atom is 0.341 e. The van der Waals surface area contributed by atoms with E-state index >= 15 is 0 Å². The van der Waals surface area contributed by atoms with Gasteiger partial charge in [0.15, 0.2) is 6.61 Å². The van der Waals surface area contributed by atoms with E-state index in [2.05, 4.69) is 5.32 Å². The SMILES string of the molecule is CCCNC(=O)CN1C(=O)S/C(=C\c2ccccc2OCC(=O)O)C1=O. The fraction of sp³-hybridized carbons (Fsp3) is 0.294. The molecule has 0 atom stereocenters. The summed E-state index contributed by atoms with van der Waals surface area (Å²) in [6.07, 6.45) is 2.20. The van der Waals surface area contributed by atoms with Crippen LogP contribution in [0.3, 0.4) is 0 Å². The predicted molar refractivity (Wildman–Crippen MR) is 95.6 cm³/mol. The molecule has 3 amide bonds. The van der Waals surface area contributed by atoms with Gasteiger partial charge in [0, 0.05) is 12.1 Å². The number of aliphatic carboxylic acids is 1. The summed E-state index contributed by atoms with van der Waals surface area (Å²) in [5.41, 5.74) is 0.467. The number of carboxylic acids is 1. The first-order valence-corrected chi connectivity index (χ1v) is 8.69. The van der Waals surface area contributed by atoms with Gasteiger partial charge in [0.2, 0.25) is 5.91 Å². The molecule has 2 rings (SSSR count). The van der Waals surface area contributed by atoms with E-state index in [1.54, 1.807) is 24.3 Å². The van der Waals surface area contributed by atoms with Crippen LogP contribution in [0.25, 0.3) is 6.08 Å². The molecule has 138 valence electrons. The van der Waals surface area contributed by atoms with E-state index in [0.717, 1.165) is 23.1 Å². The monoisotopic (exact) mass is 378 g/mol. The second-order valence-electron chi connectivity index (χ2n) is 5.34. The molecule has 0 unspecified atom stereocenters. The number of rotatable bonds is 8. The summed E-state index contributed by atoms with van der Waals surface area (Å²) in [5, 5.41) is 10.8. The Morgan fingerprint density at radius 3 is 2.73 bits per heavy atom. The van der Waals surface area contributed by atoms with E-state index in [1.807, 2.05) is 6.92 Å². The summed E-state index contributed by atoms with van der Waals surface area (Å²) in [7, 11) is 0. The van der Waals surface area contributed by atoms with E-state index in [9.17, 15) is 19.2 Å². The maximum absolute atomic E-state index is 12.4. The van der Waals surface area contributed by atoms with Gasteiger partial charge < -0.3 is 15.2 Å². The van der Waals surface area contributed by atoms with Crippen molar-refractivity contribution in [2.24, 2.45) is 0 Å². The summed E-state index contributed by atoms with van der Waals surface area (Å²) < 4.78 is 5.18. The molecule has 26 heavy (non-hydrogen) atoms. The average molecular weight is 378 g/mol. The number of benzene rings is 1. The Kier molecular flexibility index (Phi) is 6.79. The lowest BCUT2D eigenvalue weighted by Crippen LogP contribution is -2.39. The molecule has 1 aliphatic heterocycles. The predicted octanol–water partition coefficient (Wildman–Crippen LogP) is 1.71. The third kappa shape index (κ3) is 5.09. The largest absolute Gasteiger partial charge is 0.481 e. The number of carboxylic acid groups (broad SMARTS) is 1. The van der Waals surface area contributed by atoms with Gasteiger partial charge in [-0.3, -0.25) is 19.3 Å². The van der Waals surface area contributed by atoms with Crippen LogP contribution in [-0.4, -0.2) is 52.7 Å². The van der Waals surface area contributed by atoms with Crippen LogP contribution in [0.15, 0.2) is 29.2 Å². The summed E-state index contributed by atoms with van der Waals surface area (Å²) in [6, 6.07) is 6.57. The van der Waals surface area contributed by atoms with Gasteiger partial charge in [0.1, 0.15) is 12.3 Å². The normalized spacial score (nSPS) is 15.4. The number of hydrogen-bond acceptors (Lipinski definition) is 6. The number of amides is 3. The zero-order chi connectivity index (χ0) is 19.1. The first-order chi connectivity index (χ1) is 12.4. The van der Waals surface area contributed by atoms with Crippen LogP contribution in [0.4, 0.5) is 4.79 Å². The highest BCUT2D eigenvalue weighted by molar-refractivity contribution is 8.18. The lowest BCUT2D eigenvalue weighted by atomic mass is 10.2. The van der Waals surface area contributed by atoms with Crippen molar-refractivity contribution >= 4 is 40.9 Å². The van der Waals surface area contributed by atoms with Gasteiger partial charge in [-0.05, 0) is 30.3 Å². The summed E-state index contributed by atoms with van der Waals surface area (Å²) >= 11 is 0.722. The molecule has 1 aromatic carbocycles. The lowest BCUT2D eigenvalue weighted by Gasteiger charge is -2.12. The topological polar surface area (TPSA) is 113 Å². The van der Waals surface area contributed by atoms with Gasteiger partial charge in [-0.1, -0.05) is 25.1 Å². The van der Waals surface area contributed by atoms with Crippen LogP contribution >= 0.6 is 11.8 Å². The van der Waals surface area contributed by atoms with Crippen LogP contribution in [-0.2, 0) is 14.4 Å². The van der Waals surface area contributed by atoms with Gasteiger partial charge in [-0.25, -0.2) is 4.79 Å². The van der Waals surface area contributed by atoms with Crippen LogP contribution < -0.4 is 10.1 Å². The van der Waals surface area contributed by atoms with Crippen LogP contribution in [0, 0.1) is 0 Å². The third-order valence-electron chi connectivity index (χ3n) is 3.30. The maximum atomic E-state index is 12.4. The zero-order valence-electron chi connectivity index (χ0n) is 14.1. The quantitative estimate of drug-likeness (QED) is 0.662. The summed E-state index contributed by atoms with van der Waals surface area (Å²) in [6.45, 7) is 1.51. The minimum Gasteiger partial charge on any atom is -0.481 e. The van der Waals surface area contributed by atoms with Crippen molar-refractivity contribution in [2.45, 2.75) is 13.3 Å². The second kappa shape index (κ2) is 9.04. The first-order valence-electron chi connectivity index (χ1n) is 7.88. The lowest BCUT2D eigenvalue weighted by molar-refractivity contribution is -0.139. The molecule has 1 aromatic rings. The highest BCUT2D eigenvalue weighted by atomic mass is 32.2. The molecule has 8 nitrogen and oxygen atoms in total. The molecule has 1 aliphatic rings. The highest BCUT2D eigenvalue weighted by Crippen LogP contribution is 2.33. The molecular formula is C17H18N2O6S. The average Bonchev–Trinajstić information content (AvgIpc) is 2.86. The van der Waals surface area contributed by atoms with E-state index < -0.39 is 29.6 Å². The molecule has 0 saturated carbocycles. The molecule has 0 spiro atoms. The van der Waals surface area contributed by atoms with Crippen LogP contribution in [0.2, 0.25) is 0 Å². The van der Waals surface area contributed by atoms with Crippen molar-refractivity contribution in [3.05, 3.63) is 34.7 Å². The van der Waals surface area contributed by atoms with Gasteiger partial charge in [-0.2, -0.15) is 0 Å². The number of imide groups is 1. The van der Waals surface area contributed by atoms with Crippen LogP contribution in [0.5, 0.6) is 5.75 Å². The first kappa shape index (κ1) is 19.5. The Balaban J connectivity index is 2.15. The van der Waals surface area contributed by atoms with Gasteiger partial charge in [0.05, 0.1) is 4.91 Å². The molecule has 1 heterocycles. The minimum atomic E-state index is -1.13. The Hall–Kier alpha value is -2.81. The van der Waals surface area contributed by atoms with Crippen molar-refractivity contribution in [1.29, 1.82) is 0 Å².